The highest BCUT2D eigenvalue weighted by Crippen LogP contribution is 2.25. The van der Waals surface area contributed by atoms with Gasteiger partial charge in [-0.1, -0.05) is 18.2 Å². The van der Waals surface area contributed by atoms with Gasteiger partial charge >= 0.3 is 0 Å². The molecule has 0 fully saturated rings. The summed E-state index contributed by atoms with van der Waals surface area (Å²) >= 11 is 1.66. The summed E-state index contributed by atoms with van der Waals surface area (Å²) in [5.74, 6) is 1.73. The van der Waals surface area contributed by atoms with E-state index in [4.69, 9.17) is 10.8 Å². The van der Waals surface area contributed by atoms with Crippen LogP contribution in [0.15, 0.2) is 41.9 Å². The molecule has 3 heterocycles. The Labute approximate surface area is 149 Å². The van der Waals surface area contributed by atoms with Crippen molar-refractivity contribution in [2.75, 3.05) is 25.5 Å². The van der Waals surface area contributed by atoms with Gasteiger partial charge < -0.3 is 16.2 Å². The van der Waals surface area contributed by atoms with Crippen molar-refractivity contribution in [3.63, 3.8) is 0 Å². The average molecular weight is 358 g/mol. The number of anilines is 1. The molecule has 0 bridgehead atoms. The number of hydrogen-bond acceptors (Lipinski definition) is 7. The predicted molar refractivity (Wildman–Crippen MR) is 104 cm³/mol. The molecule has 0 radical (unpaired) electrons. The normalized spacial score (nSPS) is 9.92. The molecule has 0 spiro atoms. The maximum Gasteiger partial charge on any atom is 0.147 e. The molecule has 7 nitrogen and oxygen atoms in total. The highest BCUT2D eigenvalue weighted by molar-refractivity contribution is 7.17. The van der Waals surface area contributed by atoms with Gasteiger partial charge in [0.25, 0.3) is 0 Å². The van der Waals surface area contributed by atoms with Gasteiger partial charge in [-0.2, -0.15) is 5.10 Å². The zero-order chi connectivity index (χ0) is 18.1. The summed E-state index contributed by atoms with van der Waals surface area (Å²) in [6.45, 7) is 2.37. The van der Waals surface area contributed by atoms with Gasteiger partial charge in [0.2, 0.25) is 0 Å². The van der Waals surface area contributed by atoms with Crippen LogP contribution in [0.25, 0.3) is 21.1 Å². The summed E-state index contributed by atoms with van der Waals surface area (Å²) in [5, 5.41) is 20.7. The van der Waals surface area contributed by atoms with E-state index < -0.39 is 0 Å². The van der Waals surface area contributed by atoms with Crippen LogP contribution >= 0.6 is 11.3 Å². The summed E-state index contributed by atoms with van der Waals surface area (Å²) < 4.78 is 1.13. The van der Waals surface area contributed by atoms with Crippen LogP contribution in [0.3, 0.4) is 0 Å². The number of aryl methyl sites for hydroxylation is 1. The number of fused-ring (bicyclic) bond motifs is 2. The lowest BCUT2D eigenvalue weighted by atomic mass is 10.3. The molecule has 0 saturated heterocycles. The van der Waals surface area contributed by atoms with E-state index in [9.17, 15) is 0 Å². The average Bonchev–Trinajstić information content (AvgIpc) is 3.30. The quantitative estimate of drug-likeness (QED) is 0.438. The van der Waals surface area contributed by atoms with Crippen LogP contribution in [0, 0.1) is 6.92 Å². The maximum absolute atomic E-state index is 7.75. The van der Waals surface area contributed by atoms with Crippen molar-refractivity contribution in [3.8, 4) is 0 Å². The molecule has 3 aromatic heterocycles. The third kappa shape index (κ3) is 5.21. The van der Waals surface area contributed by atoms with Crippen LogP contribution < -0.4 is 11.1 Å². The molecule has 25 heavy (non-hydrogen) atoms. The molecule has 0 unspecified atom stereocenters. The second-order valence-corrected chi connectivity index (χ2v) is 5.89. The first-order valence-electron chi connectivity index (χ1n) is 7.78. The third-order valence-electron chi connectivity index (χ3n) is 3.13. The molecule has 0 amide bonds. The monoisotopic (exact) mass is 358 g/mol. The topological polar surface area (TPSA) is 113 Å². The molecule has 0 aliphatic heterocycles. The smallest absolute Gasteiger partial charge is 0.147 e. The van der Waals surface area contributed by atoms with Gasteiger partial charge in [-0.05, 0) is 24.4 Å². The minimum absolute atomic E-state index is 0.0972. The van der Waals surface area contributed by atoms with Gasteiger partial charge in [-0.25, -0.2) is 9.97 Å². The van der Waals surface area contributed by atoms with Crippen molar-refractivity contribution in [1.29, 1.82) is 0 Å². The third-order valence-corrected chi connectivity index (χ3v) is 4.04. The lowest BCUT2D eigenvalue weighted by Crippen LogP contribution is -2.02. The Hall–Kier alpha value is -2.55. The Balaban J connectivity index is 0.000000153. The molecule has 4 aromatic rings. The van der Waals surface area contributed by atoms with E-state index in [2.05, 4.69) is 25.5 Å². The van der Waals surface area contributed by atoms with Gasteiger partial charge in [0.15, 0.2) is 0 Å². The maximum atomic E-state index is 7.75. The highest BCUT2D eigenvalue weighted by Gasteiger charge is 2.03. The fourth-order valence-corrected chi connectivity index (χ4v) is 2.86. The van der Waals surface area contributed by atoms with Crippen LogP contribution in [-0.4, -0.2) is 45.5 Å². The molecule has 0 aliphatic rings. The number of aliphatic hydroxyl groups excluding tert-OH is 1. The molecule has 5 N–H and O–H groups in total. The molecule has 0 atom stereocenters. The summed E-state index contributed by atoms with van der Waals surface area (Å²) in [5.41, 5.74) is 6.90. The Bertz CT molecular complexity index is 872. The Morgan fingerprint density at radius 1 is 1.24 bits per heavy atom. The van der Waals surface area contributed by atoms with Gasteiger partial charge in [0.05, 0.1) is 28.5 Å². The largest absolute Gasteiger partial charge is 0.395 e. The van der Waals surface area contributed by atoms with Crippen molar-refractivity contribution in [1.82, 2.24) is 20.2 Å². The number of thiophene rings is 1. The standard InChI is InChI=1S/C8H9N3S.C7H6N2.C2H7NO/c1-5-10-6-3-4-12-7(6)8(9-2)11-5;1-2-4-7-6(3-1)5-8-9-7;3-1-2-4/h3-4H,1-2H3,(H,9,10,11);1-5H,(H,8,9);4H,1-3H2. The summed E-state index contributed by atoms with van der Waals surface area (Å²) in [6, 6.07) is 10.0. The molecule has 0 aliphatic carbocycles. The number of nitrogens with two attached hydrogens (primary N) is 1. The first-order valence-corrected chi connectivity index (χ1v) is 8.66. The van der Waals surface area contributed by atoms with Gasteiger partial charge in [0.1, 0.15) is 11.6 Å². The van der Waals surface area contributed by atoms with Crippen LogP contribution in [0.1, 0.15) is 5.82 Å². The lowest BCUT2D eigenvalue weighted by Gasteiger charge is -2.00. The van der Waals surface area contributed by atoms with Crippen molar-refractivity contribution < 1.29 is 5.11 Å². The number of hydrogen-bond donors (Lipinski definition) is 4. The summed E-state index contributed by atoms with van der Waals surface area (Å²) in [7, 11) is 1.88. The molecule has 0 saturated carbocycles. The number of nitrogens with zero attached hydrogens (tertiary/aromatic N) is 3. The molecular weight excluding hydrogens is 336 g/mol. The number of aromatic nitrogens is 4. The second-order valence-electron chi connectivity index (χ2n) is 4.97. The zero-order valence-corrected chi connectivity index (χ0v) is 15.0. The Morgan fingerprint density at radius 2 is 2.00 bits per heavy atom. The second kappa shape index (κ2) is 9.67. The molecule has 8 heteroatoms. The van der Waals surface area contributed by atoms with E-state index in [0.29, 0.717) is 6.54 Å². The molecule has 132 valence electrons. The fraction of sp³-hybridized carbons (Fsp3) is 0.235. The minimum atomic E-state index is 0.0972. The van der Waals surface area contributed by atoms with E-state index in [1.165, 1.54) is 0 Å². The molecule has 1 aromatic carbocycles. The van der Waals surface area contributed by atoms with Crippen LogP contribution in [-0.2, 0) is 0 Å². The van der Waals surface area contributed by atoms with Crippen molar-refractivity contribution in [3.05, 3.63) is 47.7 Å². The van der Waals surface area contributed by atoms with Crippen LogP contribution in [0.4, 0.5) is 5.82 Å². The van der Waals surface area contributed by atoms with Gasteiger partial charge in [-0.15, -0.1) is 11.3 Å². The number of benzene rings is 1. The number of aromatic amines is 1. The Morgan fingerprint density at radius 3 is 2.68 bits per heavy atom. The van der Waals surface area contributed by atoms with Crippen molar-refractivity contribution >= 4 is 38.3 Å². The minimum Gasteiger partial charge on any atom is -0.395 e. The van der Waals surface area contributed by atoms with E-state index >= 15 is 0 Å². The first-order chi connectivity index (χ1) is 12.2. The lowest BCUT2D eigenvalue weighted by molar-refractivity contribution is 0.306. The van der Waals surface area contributed by atoms with Crippen molar-refractivity contribution in [2.45, 2.75) is 6.92 Å². The summed E-state index contributed by atoms with van der Waals surface area (Å²) in [6.07, 6.45) is 1.81. The number of rotatable bonds is 2. The number of H-pyrrole nitrogens is 1. The summed E-state index contributed by atoms with van der Waals surface area (Å²) in [4.78, 5) is 8.58. The van der Waals surface area contributed by atoms with E-state index in [1.807, 2.05) is 55.9 Å². The van der Waals surface area contributed by atoms with E-state index in [1.54, 1.807) is 11.3 Å². The SMILES string of the molecule is CNc1nc(C)nc2ccsc12.NCCO.c1ccc2[nH]ncc2c1. The van der Waals surface area contributed by atoms with Gasteiger partial charge in [0, 0.05) is 19.0 Å². The fourth-order valence-electron chi connectivity index (χ4n) is 2.03. The van der Waals surface area contributed by atoms with E-state index in [-0.39, 0.29) is 6.61 Å². The highest BCUT2D eigenvalue weighted by atomic mass is 32.1. The van der Waals surface area contributed by atoms with Crippen LogP contribution in [0.5, 0.6) is 0 Å². The van der Waals surface area contributed by atoms with Gasteiger partial charge in [-0.3, -0.25) is 5.10 Å². The first kappa shape index (κ1) is 18.8. The van der Waals surface area contributed by atoms with Crippen LogP contribution in [0.2, 0.25) is 0 Å². The number of aliphatic hydroxyl groups is 1. The zero-order valence-electron chi connectivity index (χ0n) is 14.2. The molecule has 4 rings (SSSR count). The molecular formula is C17H22N6OS. The van der Waals surface area contributed by atoms with Crippen molar-refractivity contribution in [2.24, 2.45) is 5.73 Å². The number of para-hydroxylation sites is 1. The number of nitrogens with one attached hydrogen (secondary N) is 2. The Kier molecular flexibility index (Phi) is 7.27. The van der Waals surface area contributed by atoms with E-state index in [0.717, 1.165) is 32.8 Å². The predicted octanol–water partition coefficient (Wildman–Crippen LogP) is 2.54.